The molecule has 0 atom stereocenters. The maximum Gasteiger partial charge on any atom is 0.119 e. The molecule has 0 aromatic carbocycles. The summed E-state index contributed by atoms with van der Waals surface area (Å²) in [7, 11) is 0. The van der Waals surface area contributed by atoms with Gasteiger partial charge in [-0.15, -0.1) is 0 Å². The monoisotopic (exact) mass is 143 g/mol. The van der Waals surface area contributed by atoms with E-state index in [0.29, 0.717) is 13.0 Å². The number of nitrogens with zero attached hydrogens (tertiary/aromatic N) is 1. The van der Waals surface area contributed by atoms with E-state index in [1.807, 2.05) is 0 Å². The molecule has 0 fully saturated rings. The third-order valence-electron chi connectivity index (χ3n) is 0.906. The Labute approximate surface area is 60.0 Å². The fourth-order valence-electron chi connectivity index (χ4n) is 0.464. The highest BCUT2D eigenvalue weighted by molar-refractivity contribution is 7.78. The summed E-state index contributed by atoms with van der Waals surface area (Å²) >= 11 is 4.34. The van der Waals surface area contributed by atoms with E-state index in [0.717, 1.165) is 19.1 Å². The zero-order chi connectivity index (χ0) is 6.95. The minimum Gasteiger partial charge on any atom is -0.303 e. The van der Waals surface area contributed by atoms with Crippen LogP contribution >= 0.6 is 12.2 Å². The van der Waals surface area contributed by atoms with Gasteiger partial charge in [-0.1, -0.05) is 0 Å². The molecule has 3 heteroatoms. The van der Waals surface area contributed by atoms with Crippen LogP contribution in [0.1, 0.15) is 19.3 Å². The van der Waals surface area contributed by atoms with Gasteiger partial charge in [-0.3, -0.25) is 0 Å². The summed E-state index contributed by atoms with van der Waals surface area (Å²) in [5.74, 6) is 0. The van der Waals surface area contributed by atoms with Gasteiger partial charge in [0, 0.05) is 13.0 Å². The molecule has 0 radical (unpaired) electrons. The predicted octanol–water partition coefficient (Wildman–Crippen LogP) is 1.46. The average Bonchev–Trinajstić information content (AvgIpc) is 1.89. The molecule has 0 spiro atoms. The first-order valence-corrected chi connectivity index (χ1v) is 3.30. The summed E-state index contributed by atoms with van der Waals surface area (Å²) in [6, 6.07) is 0. The van der Waals surface area contributed by atoms with Crippen LogP contribution < -0.4 is 0 Å². The van der Waals surface area contributed by atoms with Gasteiger partial charge in [-0.05, 0) is 25.1 Å². The minimum atomic E-state index is 0.632. The van der Waals surface area contributed by atoms with E-state index in [4.69, 9.17) is 0 Å². The molecule has 50 valence electrons. The SMILES string of the molecule is O=CCCCCN=C=S. The number of isothiocyanates is 1. The number of aldehydes is 1. The van der Waals surface area contributed by atoms with Crippen LogP contribution in [-0.2, 0) is 4.79 Å². The molecule has 0 aromatic rings. The topological polar surface area (TPSA) is 29.4 Å². The van der Waals surface area contributed by atoms with Crippen molar-refractivity contribution < 1.29 is 4.79 Å². The Morgan fingerprint density at radius 3 is 2.89 bits per heavy atom. The number of aliphatic imine (C=N–C) groups is 1. The van der Waals surface area contributed by atoms with Crippen molar-refractivity contribution in [2.45, 2.75) is 19.3 Å². The quantitative estimate of drug-likeness (QED) is 0.252. The van der Waals surface area contributed by atoms with Gasteiger partial charge < -0.3 is 4.79 Å². The molecule has 2 nitrogen and oxygen atoms in total. The van der Waals surface area contributed by atoms with Crippen molar-refractivity contribution in [2.75, 3.05) is 6.54 Å². The zero-order valence-electron chi connectivity index (χ0n) is 5.17. The number of thiocarbonyl (C=S) groups is 1. The van der Waals surface area contributed by atoms with Crippen molar-refractivity contribution >= 4 is 23.7 Å². The van der Waals surface area contributed by atoms with Crippen LogP contribution in [-0.4, -0.2) is 18.0 Å². The van der Waals surface area contributed by atoms with Crippen LogP contribution in [0.25, 0.3) is 0 Å². The van der Waals surface area contributed by atoms with Gasteiger partial charge >= 0.3 is 0 Å². The summed E-state index contributed by atoms with van der Waals surface area (Å²) < 4.78 is 0. The Morgan fingerprint density at radius 2 is 2.33 bits per heavy atom. The van der Waals surface area contributed by atoms with E-state index in [1.54, 1.807) is 0 Å². The smallest absolute Gasteiger partial charge is 0.119 e. The van der Waals surface area contributed by atoms with Gasteiger partial charge in [0.05, 0.1) is 5.16 Å². The lowest BCUT2D eigenvalue weighted by Gasteiger charge is -1.86. The molecule has 0 unspecified atom stereocenters. The van der Waals surface area contributed by atoms with Crippen LogP contribution in [0.3, 0.4) is 0 Å². The fraction of sp³-hybridized carbons (Fsp3) is 0.667. The first-order valence-electron chi connectivity index (χ1n) is 2.89. The maximum atomic E-state index is 9.77. The molecule has 0 N–H and O–H groups in total. The Hall–Kier alpha value is -0.530. The number of carbonyl (C=O) groups excluding carboxylic acids is 1. The van der Waals surface area contributed by atoms with Crippen molar-refractivity contribution in [3.05, 3.63) is 0 Å². The second-order valence-electron chi connectivity index (χ2n) is 1.64. The number of rotatable bonds is 5. The lowest BCUT2D eigenvalue weighted by molar-refractivity contribution is -0.107. The Bertz CT molecular complexity index is 118. The first-order chi connectivity index (χ1) is 4.41. The van der Waals surface area contributed by atoms with E-state index in [2.05, 4.69) is 22.4 Å². The number of unbranched alkanes of at least 4 members (excludes halogenated alkanes) is 2. The lowest BCUT2D eigenvalue weighted by Crippen LogP contribution is -1.81. The number of hydrogen-bond acceptors (Lipinski definition) is 3. The molecular formula is C6H9NOS. The highest BCUT2D eigenvalue weighted by atomic mass is 32.1. The maximum absolute atomic E-state index is 9.77. The van der Waals surface area contributed by atoms with Gasteiger partial charge in [0.15, 0.2) is 0 Å². The number of carbonyl (C=O) groups is 1. The standard InChI is InChI=1S/C6H9NOS/c8-5-3-1-2-4-7-6-9/h5H,1-4H2. The van der Waals surface area contributed by atoms with E-state index in [-0.39, 0.29) is 0 Å². The van der Waals surface area contributed by atoms with Crippen LogP contribution in [0.4, 0.5) is 0 Å². The Balaban J connectivity index is 2.90. The van der Waals surface area contributed by atoms with Gasteiger partial charge in [0.2, 0.25) is 0 Å². The van der Waals surface area contributed by atoms with E-state index >= 15 is 0 Å². The minimum absolute atomic E-state index is 0.632. The normalized spacial score (nSPS) is 8.00. The molecule has 0 aromatic heterocycles. The largest absolute Gasteiger partial charge is 0.303 e. The molecule has 0 aliphatic heterocycles. The molecule has 0 heterocycles. The third kappa shape index (κ3) is 7.47. The van der Waals surface area contributed by atoms with E-state index in [1.165, 1.54) is 0 Å². The van der Waals surface area contributed by atoms with Crippen LogP contribution in [0, 0.1) is 0 Å². The number of hydrogen-bond donors (Lipinski definition) is 0. The zero-order valence-corrected chi connectivity index (χ0v) is 5.99. The van der Waals surface area contributed by atoms with Crippen molar-refractivity contribution in [3.63, 3.8) is 0 Å². The average molecular weight is 143 g/mol. The van der Waals surface area contributed by atoms with Crippen molar-refractivity contribution in [1.82, 2.24) is 0 Å². The summed E-state index contributed by atoms with van der Waals surface area (Å²) in [5.41, 5.74) is 0. The third-order valence-corrected chi connectivity index (χ3v) is 1.04. The molecule has 0 aliphatic carbocycles. The fourth-order valence-corrected chi connectivity index (χ4v) is 0.555. The Kier molecular flexibility index (Phi) is 7.03. The summed E-state index contributed by atoms with van der Waals surface area (Å²) in [6.07, 6.45) is 3.39. The van der Waals surface area contributed by atoms with E-state index in [9.17, 15) is 4.79 Å². The van der Waals surface area contributed by atoms with Crippen LogP contribution in [0.5, 0.6) is 0 Å². The Morgan fingerprint density at radius 1 is 1.56 bits per heavy atom. The van der Waals surface area contributed by atoms with Crippen molar-refractivity contribution in [1.29, 1.82) is 0 Å². The second-order valence-corrected chi connectivity index (χ2v) is 1.82. The van der Waals surface area contributed by atoms with Crippen LogP contribution in [0.15, 0.2) is 4.99 Å². The molecular weight excluding hydrogens is 134 g/mol. The van der Waals surface area contributed by atoms with Crippen molar-refractivity contribution in [2.24, 2.45) is 4.99 Å². The van der Waals surface area contributed by atoms with Gasteiger partial charge in [-0.25, -0.2) is 4.99 Å². The molecule has 0 rings (SSSR count). The van der Waals surface area contributed by atoms with E-state index < -0.39 is 0 Å². The summed E-state index contributed by atoms with van der Waals surface area (Å²) in [5, 5.41) is 2.26. The molecule has 0 saturated heterocycles. The highest BCUT2D eigenvalue weighted by Gasteiger charge is 1.83. The second kappa shape index (κ2) is 7.47. The molecule has 0 amide bonds. The van der Waals surface area contributed by atoms with Crippen LogP contribution in [0.2, 0.25) is 0 Å². The van der Waals surface area contributed by atoms with Gasteiger partial charge in [-0.2, -0.15) is 0 Å². The molecule has 0 aliphatic rings. The first kappa shape index (κ1) is 8.47. The van der Waals surface area contributed by atoms with Crippen molar-refractivity contribution in [3.8, 4) is 0 Å². The van der Waals surface area contributed by atoms with Gasteiger partial charge in [0.25, 0.3) is 0 Å². The summed E-state index contributed by atoms with van der Waals surface area (Å²) in [4.78, 5) is 13.5. The molecule has 9 heavy (non-hydrogen) atoms. The highest BCUT2D eigenvalue weighted by Crippen LogP contribution is 1.91. The molecule has 0 bridgehead atoms. The van der Waals surface area contributed by atoms with Gasteiger partial charge in [0.1, 0.15) is 6.29 Å². The molecule has 0 saturated carbocycles. The lowest BCUT2D eigenvalue weighted by atomic mass is 10.2. The predicted molar refractivity (Wildman–Crippen MR) is 39.8 cm³/mol. The summed E-state index contributed by atoms with van der Waals surface area (Å²) in [6.45, 7) is 0.706.